The van der Waals surface area contributed by atoms with Gasteiger partial charge in [-0.15, -0.1) is 0 Å². The number of esters is 1. The van der Waals surface area contributed by atoms with Gasteiger partial charge in [0.05, 0.1) is 6.04 Å². The Kier molecular flexibility index (Phi) is 6.43. The van der Waals surface area contributed by atoms with Crippen LogP contribution in [0.3, 0.4) is 0 Å². The first kappa shape index (κ1) is 20.3. The van der Waals surface area contributed by atoms with Crippen LogP contribution in [0.25, 0.3) is 6.08 Å². The molecular formula is C21H19F2NO5. The Bertz CT molecular complexity index is 945. The first-order chi connectivity index (χ1) is 13.9. The zero-order valence-corrected chi connectivity index (χ0v) is 15.6. The molecule has 0 aliphatic carbocycles. The third kappa shape index (κ3) is 5.54. The molecule has 0 bridgehead atoms. The number of fused-ring (bicyclic) bond motifs is 1. The quantitative estimate of drug-likeness (QED) is 0.593. The maximum Gasteiger partial charge on any atom is 0.331 e. The van der Waals surface area contributed by atoms with Crippen molar-refractivity contribution in [3.63, 3.8) is 0 Å². The Labute approximate surface area is 166 Å². The van der Waals surface area contributed by atoms with Crippen LogP contribution in [0.2, 0.25) is 0 Å². The van der Waals surface area contributed by atoms with Crippen molar-refractivity contribution in [1.82, 2.24) is 5.32 Å². The molecule has 1 aliphatic heterocycles. The second-order valence-electron chi connectivity index (χ2n) is 6.30. The Hall–Kier alpha value is -3.42. The molecule has 29 heavy (non-hydrogen) atoms. The molecule has 0 aromatic heterocycles. The molecule has 1 atom stereocenters. The molecule has 8 heteroatoms. The minimum absolute atomic E-state index is 0.129. The van der Waals surface area contributed by atoms with E-state index in [1.807, 2.05) is 0 Å². The Morgan fingerprint density at radius 2 is 1.90 bits per heavy atom. The fourth-order valence-electron chi connectivity index (χ4n) is 2.73. The lowest BCUT2D eigenvalue weighted by Crippen LogP contribution is -2.31. The standard InChI is InChI=1S/C21H19F2NO5/c1-13(16-5-4-15(22)11-17(16)23)24-20(25)12-29-21(26)7-3-14-2-6-18-19(10-14)28-9-8-27-18/h2-7,10-11,13H,8-9,12H2,1H3,(H,24,25)/b7-3+/t13-/m0/s1. The van der Waals surface area contributed by atoms with E-state index in [2.05, 4.69) is 5.32 Å². The van der Waals surface area contributed by atoms with Gasteiger partial charge in [0.1, 0.15) is 24.8 Å². The smallest absolute Gasteiger partial charge is 0.331 e. The highest BCUT2D eigenvalue weighted by atomic mass is 19.1. The number of nitrogens with one attached hydrogen (secondary N) is 1. The van der Waals surface area contributed by atoms with E-state index >= 15 is 0 Å². The van der Waals surface area contributed by atoms with Crippen LogP contribution in [0, 0.1) is 11.6 Å². The number of carbonyl (C=O) groups is 2. The maximum absolute atomic E-state index is 13.7. The molecule has 1 heterocycles. The van der Waals surface area contributed by atoms with Crippen molar-refractivity contribution >= 4 is 18.0 Å². The second kappa shape index (κ2) is 9.18. The van der Waals surface area contributed by atoms with Crippen LogP contribution in [0.15, 0.2) is 42.5 Å². The van der Waals surface area contributed by atoms with Gasteiger partial charge in [-0.2, -0.15) is 0 Å². The van der Waals surface area contributed by atoms with E-state index in [0.717, 1.165) is 12.1 Å². The summed E-state index contributed by atoms with van der Waals surface area (Å²) in [6, 6.07) is 7.59. The number of hydrogen-bond donors (Lipinski definition) is 1. The van der Waals surface area contributed by atoms with Crippen LogP contribution >= 0.6 is 0 Å². The van der Waals surface area contributed by atoms with Gasteiger partial charge >= 0.3 is 5.97 Å². The summed E-state index contributed by atoms with van der Waals surface area (Å²) in [5.41, 5.74) is 0.834. The van der Waals surface area contributed by atoms with E-state index in [4.69, 9.17) is 14.2 Å². The summed E-state index contributed by atoms with van der Waals surface area (Å²) >= 11 is 0. The highest BCUT2D eigenvalue weighted by Crippen LogP contribution is 2.31. The highest BCUT2D eigenvalue weighted by Gasteiger charge is 2.15. The van der Waals surface area contributed by atoms with E-state index in [1.165, 1.54) is 25.1 Å². The van der Waals surface area contributed by atoms with Crippen molar-refractivity contribution in [2.45, 2.75) is 13.0 Å². The number of carbonyl (C=O) groups excluding carboxylic acids is 2. The molecule has 6 nitrogen and oxygen atoms in total. The minimum Gasteiger partial charge on any atom is -0.486 e. The predicted octanol–water partition coefficient (Wildman–Crippen LogP) is 3.17. The first-order valence-corrected chi connectivity index (χ1v) is 8.91. The average Bonchev–Trinajstić information content (AvgIpc) is 2.70. The number of hydrogen-bond acceptors (Lipinski definition) is 5. The molecular weight excluding hydrogens is 384 g/mol. The number of halogens is 2. The van der Waals surface area contributed by atoms with Crippen molar-refractivity contribution in [3.05, 3.63) is 65.2 Å². The lowest BCUT2D eigenvalue weighted by molar-refractivity contribution is -0.144. The van der Waals surface area contributed by atoms with E-state index < -0.39 is 36.2 Å². The van der Waals surface area contributed by atoms with Gasteiger partial charge in [0, 0.05) is 17.7 Å². The molecule has 0 fully saturated rings. The fraction of sp³-hybridized carbons (Fsp3) is 0.238. The molecule has 3 rings (SSSR count). The highest BCUT2D eigenvalue weighted by molar-refractivity contribution is 5.89. The zero-order chi connectivity index (χ0) is 20.8. The van der Waals surface area contributed by atoms with Gasteiger partial charge in [-0.05, 0) is 36.8 Å². The summed E-state index contributed by atoms with van der Waals surface area (Å²) in [6.07, 6.45) is 2.71. The Balaban J connectivity index is 1.48. The normalized spacial score (nSPS) is 13.8. The van der Waals surface area contributed by atoms with Crippen LogP contribution in [-0.2, 0) is 14.3 Å². The summed E-state index contributed by atoms with van der Waals surface area (Å²) in [7, 11) is 0. The van der Waals surface area contributed by atoms with Crippen molar-refractivity contribution in [2.24, 2.45) is 0 Å². The molecule has 0 radical (unpaired) electrons. The van der Waals surface area contributed by atoms with Gasteiger partial charge in [0.15, 0.2) is 18.1 Å². The van der Waals surface area contributed by atoms with E-state index in [1.54, 1.807) is 18.2 Å². The molecule has 1 N–H and O–H groups in total. The molecule has 152 valence electrons. The number of benzene rings is 2. The van der Waals surface area contributed by atoms with Crippen molar-refractivity contribution in [3.8, 4) is 11.5 Å². The molecule has 2 aromatic carbocycles. The third-order valence-corrected chi connectivity index (χ3v) is 4.13. The van der Waals surface area contributed by atoms with E-state index in [-0.39, 0.29) is 5.56 Å². The van der Waals surface area contributed by atoms with Crippen LogP contribution < -0.4 is 14.8 Å². The second-order valence-corrected chi connectivity index (χ2v) is 6.30. The summed E-state index contributed by atoms with van der Waals surface area (Å²) in [5.74, 6) is -1.56. The monoisotopic (exact) mass is 403 g/mol. The van der Waals surface area contributed by atoms with Gasteiger partial charge in [-0.25, -0.2) is 13.6 Å². The van der Waals surface area contributed by atoms with Crippen molar-refractivity contribution in [2.75, 3.05) is 19.8 Å². The number of amides is 1. The molecule has 1 amide bonds. The number of ether oxygens (including phenoxy) is 3. The SMILES string of the molecule is C[C@H](NC(=O)COC(=O)/C=C/c1ccc2c(c1)OCCO2)c1ccc(F)cc1F. The summed E-state index contributed by atoms with van der Waals surface area (Å²) in [5, 5.41) is 2.49. The Morgan fingerprint density at radius 3 is 2.66 bits per heavy atom. The van der Waals surface area contributed by atoms with Gasteiger partial charge in [-0.1, -0.05) is 12.1 Å². The van der Waals surface area contributed by atoms with Gasteiger partial charge in [0.2, 0.25) is 0 Å². The average molecular weight is 403 g/mol. The number of rotatable bonds is 6. The van der Waals surface area contributed by atoms with Gasteiger partial charge in [-0.3, -0.25) is 4.79 Å². The van der Waals surface area contributed by atoms with Gasteiger partial charge < -0.3 is 19.5 Å². The molecule has 0 saturated heterocycles. The first-order valence-electron chi connectivity index (χ1n) is 8.91. The van der Waals surface area contributed by atoms with Gasteiger partial charge in [0.25, 0.3) is 5.91 Å². The summed E-state index contributed by atoms with van der Waals surface area (Å²) < 4.78 is 42.4. The molecule has 0 saturated carbocycles. The van der Waals surface area contributed by atoms with Crippen LogP contribution in [0.4, 0.5) is 8.78 Å². The zero-order valence-electron chi connectivity index (χ0n) is 15.6. The topological polar surface area (TPSA) is 73.9 Å². The molecule has 0 unspecified atom stereocenters. The van der Waals surface area contributed by atoms with Crippen LogP contribution in [0.5, 0.6) is 11.5 Å². The fourth-order valence-corrected chi connectivity index (χ4v) is 2.73. The van der Waals surface area contributed by atoms with E-state index in [0.29, 0.717) is 30.3 Å². The maximum atomic E-state index is 13.7. The van der Waals surface area contributed by atoms with E-state index in [9.17, 15) is 18.4 Å². The van der Waals surface area contributed by atoms with Crippen LogP contribution in [0.1, 0.15) is 24.1 Å². The largest absolute Gasteiger partial charge is 0.486 e. The molecule has 1 aliphatic rings. The third-order valence-electron chi connectivity index (χ3n) is 4.13. The molecule has 2 aromatic rings. The lowest BCUT2D eigenvalue weighted by Gasteiger charge is -2.18. The summed E-state index contributed by atoms with van der Waals surface area (Å²) in [6.45, 7) is 1.95. The Morgan fingerprint density at radius 1 is 1.14 bits per heavy atom. The lowest BCUT2D eigenvalue weighted by atomic mass is 10.1. The summed E-state index contributed by atoms with van der Waals surface area (Å²) in [4.78, 5) is 23.7. The molecule has 0 spiro atoms. The van der Waals surface area contributed by atoms with Crippen molar-refractivity contribution < 1.29 is 32.6 Å². The van der Waals surface area contributed by atoms with Crippen LogP contribution in [-0.4, -0.2) is 31.7 Å². The van der Waals surface area contributed by atoms with Crippen molar-refractivity contribution in [1.29, 1.82) is 0 Å². The minimum atomic E-state index is -0.767. The predicted molar refractivity (Wildman–Crippen MR) is 100 cm³/mol.